The summed E-state index contributed by atoms with van der Waals surface area (Å²) in [7, 11) is 0. The normalized spacial score (nSPS) is 12.4. The maximum absolute atomic E-state index is 11.4. The molecule has 1 aromatic rings. The van der Waals surface area contributed by atoms with Crippen molar-refractivity contribution in [1.29, 1.82) is 0 Å². The number of aromatic nitrogens is 2. The second-order valence-electron chi connectivity index (χ2n) is 3.25. The minimum Gasteiger partial charge on any atom is -0.350 e. The van der Waals surface area contributed by atoms with Gasteiger partial charge in [-0.05, 0) is 6.42 Å². The van der Waals surface area contributed by atoms with Crippen LogP contribution in [0.5, 0.6) is 0 Å². The maximum Gasteiger partial charge on any atom is 0.254 e. The first-order chi connectivity index (χ1) is 6.74. The van der Waals surface area contributed by atoms with Crippen molar-refractivity contribution in [2.75, 3.05) is 6.54 Å². The number of carbonyl (C=O) groups excluding carboxylic acids is 1. The third-order valence-corrected chi connectivity index (χ3v) is 1.94. The highest BCUT2D eigenvalue weighted by Crippen LogP contribution is 1.95. The summed E-state index contributed by atoms with van der Waals surface area (Å²) in [6, 6.07) is 0.0378. The second kappa shape index (κ2) is 5.39. The lowest BCUT2D eigenvalue weighted by molar-refractivity contribution is 0.0951. The molecule has 14 heavy (non-hydrogen) atoms. The zero-order valence-corrected chi connectivity index (χ0v) is 8.29. The Bertz CT molecular complexity index is 270. The van der Waals surface area contributed by atoms with Crippen molar-refractivity contribution in [3.63, 3.8) is 0 Å². The number of hydrogen-bond donors (Lipinski definition) is 3. The van der Waals surface area contributed by atoms with Crippen molar-refractivity contribution < 1.29 is 4.79 Å². The summed E-state index contributed by atoms with van der Waals surface area (Å²) in [5.41, 5.74) is 6.28. The molecule has 1 heterocycles. The van der Waals surface area contributed by atoms with E-state index in [-0.39, 0.29) is 11.9 Å². The van der Waals surface area contributed by atoms with E-state index in [1.807, 2.05) is 0 Å². The van der Waals surface area contributed by atoms with E-state index in [0.717, 1.165) is 12.8 Å². The highest BCUT2D eigenvalue weighted by molar-refractivity contribution is 5.93. The third-order valence-electron chi connectivity index (χ3n) is 1.94. The minimum atomic E-state index is -0.134. The predicted molar refractivity (Wildman–Crippen MR) is 53.8 cm³/mol. The fourth-order valence-electron chi connectivity index (χ4n) is 1.17. The molecule has 1 aromatic heterocycles. The molecule has 1 amide bonds. The Hall–Kier alpha value is -1.36. The summed E-state index contributed by atoms with van der Waals surface area (Å²) < 4.78 is 0. The first kappa shape index (κ1) is 10.7. The Morgan fingerprint density at radius 2 is 2.57 bits per heavy atom. The largest absolute Gasteiger partial charge is 0.350 e. The lowest BCUT2D eigenvalue weighted by atomic mass is 10.2. The van der Waals surface area contributed by atoms with Crippen LogP contribution in [0, 0.1) is 0 Å². The van der Waals surface area contributed by atoms with Gasteiger partial charge in [-0.25, -0.2) is 0 Å². The lowest BCUT2D eigenvalue weighted by Crippen LogP contribution is -2.36. The standard InChI is InChI=1S/C9H16N4O/c1-2-3-8(10)6-11-9(14)7-4-12-13-5-7/h4-5,8H,2-3,6,10H2,1H3,(H,11,14)(H,12,13). The molecule has 0 spiro atoms. The minimum absolute atomic E-state index is 0.0378. The molecule has 0 aliphatic carbocycles. The monoisotopic (exact) mass is 196 g/mol. The Kier molecular flexibility index (Phi) is 4.12. The molecule has 1 unspecified atom stereocenters. The Labute approximate surface area is 83.1 Å². The zero-order chi connectivity index (χ0) is 10.4. The summed E-state index contributed by atoms with van der Waals surface area (Å²) in [5, 5.41) is 9.02. The van der Waals surface area contributed by atoms with Crippen molar-refractivity contribution in [2.45, 2.75) is 25.8 Å². The molecule has 4 N–H and O–H groups in total. The van der Waals surface area contributed by atoms with Gasteiger partial charge in [-0.3, -0.25) is 9.89 Å². The molecule has 0 saturated carbocycles. The van der Waals surface area contributed by atoms with Crippen LogP contribution in [-0.4, -0.2) is 28.7 Å². The van der Waals surface area contributed by atoms with Crippen LogP contribution < -0.4 is 11.1 Å². The molecule has 0 aliphatic heterocycles. The first-order valence-electron chi connectivity index (χ1n) is 4.76. The van der Waals surface area contributed by atoms with Crippen LogP contribution in [0.3, 0.4) is 0 Å². The van der Waals surface area contributed by atoms with Crippen molar-refractivity contribution in [2.24, 2.45) is 5.73 Å². The van der Waals surface area contributed by atoms with Crippen LogP contribution in [0.4, 0.5) is 0 Å². The van der Waals surface area contributed by atoms with Crippen molar-refractivity contribution in [3.05, 3.63) is 18.0 Å². The number of amides is 1. The van der Waals surface area contributed by atoms with Gasteiger partial charge in [-0.2, -0.15) is 5.10 Å². The number of hydrogen-bond acceptors (Lipinski definition) is 3. The van der Waals surface area contributed by atoms with Gasteiger partial charge in [0, 0.05) is 18.8 Å². The van der Waals surface area contributed by atoms with E-state index < -0.39 is 0 Å². The molecular formula is C9H16N4O. The van der Waals surface area contributed by atoms with Gasteiger partial charge in [0.1, 0.15) is 0 Å². The Balaban J connectivity index is 2.28. The summed E-state index contributed by atoms with van der Waals surface area (Å²) in [4.78, 5) is 11.4. The van der Waals surface area contributed by atoms with Gasteiger partial charge < -0.3 is 11.1 Å². The highest BCUT2D eigenvalue weighted by Gasteiger charge is 2.07. The number of nitrogens with one attached hydrogen (secondary N) is 2. The molecule has 5 heteroatoms. The molecular weight excluding hydrogens is 180 g/mol. The third kappa shape index (κ3) is 3.18. The SMILES string of the molecule is CCCC(N)CNC(=O)c1cn[nH]c1. The summed E-state index contributed by atoms with van der Waals surface area (Å²) in [6.45, 7) is 2.58. The van der Waals surface area contributed by atoms with Crippen molar-refractivity contribution in [1.82, 2.24) is 15.5 Å². The van der Waals surface area contributed by atoms with E-state index >= 15 is 0 Å². The average molecular weight is 196 g/mol. The molecule has 0 radical (unpaired) electrons. The van der Waals surface area contributed by atoms with E-state index in [1.54, 1.807) is 6.20 Å². The summed E-state index contributed by atoms with van der Waals surface area (Å²) in [5.74, 6) is -0.134. The predicted octanol–water partition coefficient (Wildman–Crippen LogP) is 0.267. The summed E-state index contributed by atoms with van der Waals surface area (Å²) in [6.07, 6.45) is 5.00. The molecule has 78 valence electrons. The van der Waals surface area contributed by atoms with E-state index in [4.69, 9.17) is 5.73 Å². The Morgan fingerprint density at radius 1 is 1.79 bits per heavy atom. The van der Waals surface area contributed by atoms with Gasteiger partial charge in [0.15, 0.2) is 0 Å². The second-order valence-corrected chi connectivity index (χ2v) is 3.25. The quantitative estimate of drug-likeness (QED) is 0.632. The molecule has 1 rings (SSSR count). The van der Waals surface area contributed by atoms with Crippen molar-refractivity contribution >= 4 is 5.91 Å². The van der Waals surface area contributed by atoms with Crippen LogP contribution in [0.1, 0.15) is 30.1 Å². The van der Waals surface area contributed by atoms with Crippen LogP contribution in [0.2, 0.25) is 0 Å². The van der Waals surface area contributed by atoms with E-state index in [2.05, 4.69) is 22.4 Å². The maximum atomic E-state index is 11.4. The van der Waals surface area contributed by atoms with Gasteiger partial charge in [0.2, 0.25) is 0 Å². The van der Waals surface area contributed by atoms with Gasteiger partial charge in [-0.1, -0.05) is 13.3 Å². The topological polar surface area (TPSA) is 83.8 Å². The van der Waals surface area contributed by atoms with E-state index in [9.17, 15) is 4.79 Å². The first-order valence-corrected chi connectivity index (χ1v) is 4.76. The number of carbonyl (C=O) groups is 1. The Morgan fingerprint density at radius 3 is 3.14 bits per heavy atom. The fraction of sp³-hybridized carbons (Fsp3) is 0.556. The van der Waals surface area contributed by atoms with Gasteiger partial charge >= 0.3 is 0 Å². The molecule has 0 bridgehead atoms. The van der Waals surface area contributed by atoms with Gasteiger partial charge in [-0.15, -0.1) is 0 Å². The molecule has 0 fully saturated rings. The van der Waals surface area contributed by atoms with E-state index in [0.29, 0.717) is 12.1 Å². The molecule has 0 saturated heterocycles. The fourth-order valence-corrected chi connectivity index (χ4v) is 1.17. The number of aromatic amines is 1. The number of nitrogens with zero attached hydrogens (tertiary/aromatic N) is 1. The molecule has 5 nitrogen and oxygen atoms in total. The molecule has 0 aromatic carbocycles. The number of H-pyrrole nitrogens is 1. The van der Waals surface area contributed by atoms with Gasteiger partial charge in [0.05, 0.1) is 11.8 Å². The molecule has 1 atom stereocenters. The lowest BCUT2D eigenvalue weighted by Gasteiger charge is -2.10. The smallest absolute Gasteiger partial charge is 0.254 e. The number of rotatable bonds is 5. The highest BCUT2D eigenvalue weighted by atomic mass is 16.1. The van der Waals surface area contributed by atoms with E-state index in [1.165, 1.54) is 6.20 Å². The van der Waals surface area contributed by atoms with Crippen LogP contribution in [0.25, 0.3) is 0 Å². The molecule has 0 aliphatic rings. The van der Waals surface area contributed by atoms with Crippen LogP contribution >= 0.6 is 0 Å². The van der Waals surface area contributed by atoms with Crippen molar-refractivity contribution in [3.8, 4) is 0 Å². The van der Waals surface area contributed by atoms with Gasteiger partial charge in [0.25, 0.3) is 5.91 Å². The van der Waals surface area contributed by atoms with Crippen LogP contribution in [0.15, 0.2) is 12.4 Å². The van der Waals surface area contributed by atoms with Crippen LogP contribution in [-0.2, 0) is 0 Å². The number of nitrogens with two attached hydrogens (primary N) is 1. The average Bonchev–Trinajstić information content (AvgIpc) is 2.67. The zero-order valence-electron chi connectivity index (χ0n) is 8.29. The summed E-state index contributed by atoms with van der Waals surface area (Å²) >= 11 is 0.